The zero-order valence-electron chi connectivity index (χ0n) is 2.92. The van der Waals surface area contributed by atoms with E-state index in [1.165, 1.54) is 0 Å². The minimum Gasteiger partial charge on any atom is -0.759 e. The Hall–Kier alpha value is 0.922. The van der Waals surface area contributed by atoms with Crippen molar-refractivity contribution in [3.63, 3.8) is 0 Å². The third kappa shape index (κ3) is 197. The molecule has 0 aromatic rings. The summed E-state index contributed by atoms with van der Waals surface area (Å²) in [4.78, 5) is 0. The normalized spacial score (nSPS) is 8.29. The predicted molar refractivity (Wildman–Crippen MR) is 16.2 cm³/mol. The van der Waals surface area contributed by atoms with Crippen molar-refractivity contribution in [1.82, 2.24) is 0 Å². The van der Waals surface area contributed by atoms with Crippen molar-refractivity contribution in [3.05, 3.63) is 0 Å². The van der Waals surface area contributed by atoms with E-state index in [0.717, 1.165) is 0 Å². The van der Waals surface area contributed by atoms with Gasteiger partial charge in [0.05, 0.1) is 0 Å². The Morgan fingerprint density at radius 2 is 1.14 bits per heavy atom. The fourth-order valence-corrected chi connectivity index (χ4v) is 0. The minimum absolute atomic E-state index is 0. The molecule has 0 aromatic carbocycles. The van der Waals surface area contributed by atoms with Gasteiger partial charge in [0.2, 0.25) is 0 Å². The number of hydrogen-bond donors (Lipinski definition) is 0. The van der Waals surface area contributed by atoms with Crippen LogP contribution >= 0.6 is 0 Å². The van der Waals surface area contributed by atoms with Gasteiger partial charge in [-0.3, -0.25) is 8.42 Å². The van der Waals surface area contributed by atoms with Crippen molar-refractivity contribution >= 4 is 27.8 Å². The van der Waals surface area contributed by atoms with Gasteiger partial charge in [-0.1, -0.05) is 0 Å². The van der Waals surface area contributed by atoms with Crippen LogP contribution in [-0.4, -0.2) is 34.9 Å². The zero-order valence-corrected chi connectivity index (χ0v) is 5.83. The molecule has 0 spiro atoms. The monoisotopic (exact) mass is 186 g/mol. The van der Waals surface area contributed by atoms with Crippen molar-refractivity contribution in [2.45, 2.75) is 0 Å². The summed E-state index contributed by atoms with van der Waals surface area (Å²) < 4.78 is 34.1. The van der Waals surface area contributed by atoms with Crippen LogP contribution < -0.4 is 0 Å². The van der Waals surface area contributed by atoms with E-state index in [1.54, 1.807) is 0 Å². The van der Waals surface area contributed by atoms with Gasteiger partial charge in [-0.05, 0) is 0 Å². The van der Waals surface area contributed by atoms with Gasteiger partial charge < -0.3 is 9.11 Å². The van der Waals surface area contributed by atoms with Crippen molar-refractivity contribution < 1.29 is 34.6 Å². The van der Waals surface area contributed by atoms with Gasteiger partial charge in [0.25, 0.3) is 0 Å². The maximum Gasteiger partial charge on any atom is 3.00 e. The van der Waals surface area contributed by atoms with Gasteiger partial charge in [-0.15, -0.1) is 0 Å². The van der Waals surface area contributed by atoms with Crippen molar-refractivity contribution in [2.24, 2.45) is 0 Å². The molecule has 0 radical (unpaired) electrons. The average Bonchev–Trinajstić information content (AvgIpc) is 0.722. The van der Waals surface area contributed by atoms with Crippen LogP contribution in [0.15, 0.2) is 0 Å². The molecule has 0 N–H and O–H groups in total. The standard InChI is InChI=1S/Al.Cu.H2O4S/c;;1-5(2,3)4/h;;(H2,1,2,3,4)/q+3;+1;/p-2. The molecule has 0 unspecified atom stereocenters. The molecule has 0 aliphatic heterocycles. The predicted octanol–water partition coefficient (Wildman–Crippen LogP) is -1.72. The van der Waals surface area contributed by atoms with Crippen LogP contribution in [0.5, 0.6) is 0 Å². The van der Waals surface area contributed by atoms with Crippen LogP contribution in [0.2, 0.25) is 0 Å². The van der Waals surface area contributed by atoms with Crippen molar-refractivity contribution in [2.75, 3.05) is 0 Å². The molecule has 0 amide bonds. The average molecular weight is 187 g/mol. The Balaban J connectivity index is -0.0000000800. The molecule has 7 heavy (non-hydrogen) atoms. The van der Waals surface area contributed by atoms with E-state index in [1.807, 2.05) is 0 Å². The summed E-state index contributed by atoms with van der Waals surface area (Å²) in [5.74, 6) is 0. The molecule has 7 heteroatoms. The van der Waals surface area contributed by atoms with Gasteiger partial charge >= 0.3 is 34.4 Å². The van der Waals surface area contributed by atoms with E-state index >= 15 is 0 Å². The van der Waals surface area contributed by atoms with Gasteiger partial charge in [-0.2, -0.15) is 0 Å². The summed E-state index contributed by atoms with van der Waals surface area (Å²) in [6.07, 6.45) is 0. The van der Waals surface area contributed by atoms with Crippen LogP contribution in [0.4, 0.5) is 0 Å². The fourth-order valence-electron chi connectivity index (χ4n) is 0. The van der Waals surface area contributed by atoms with E-state index in [9.17, 15) is 0 Å². The van der Waals surface area contributed by atoms with Crippen molar-refractivity contribution in [1.29, 1.82) is 0 Å². The quantitative estimate of drug-likeness (QED) is 0.256. The Morgan fingerprint density at radius 1 is 1.14 bits per heavy atom. The van der Waals surface area contributed by atoms with E-state index in [0.29, 0.717) is 0 Å². The van der Waals surface area contributed by atoms with E-state index < -0.39 is 10.4 Å². The number of rotatable bonds is 0. The van der Waals surface area contributed by atoms with E-state index in [2.05, 4.69) is 0 Å². The topological polar surface area (TPSA) is 80.3 Å². The smallest absolute Gasteiger partial charge is 0.759 e. The number of hydrogen-bond acceptors (Lipinski definition) is 4. The van der Waals surface area contributed by atoms with E-state index in [-0.39, 0.29) is 34.4 Å². The second-order valence-electron chi connectivity index (χ2n) is 0.408. The minimum atomic E-state index is -5.17. The Bertz CT molecular complexity index is 94.9. The van der Waals surface area contributed by atoms with E-state index in [4.69, 9.17) is 17.5 Å². The molecular weight excluding hydrogens is 187 g/mol. The summed E-state index contributed by atoms with van der Waals surface area (Å²) in [6.45, 7) is 0. The molecule has 0 aliphatic carbocycles. The summed E-state index contributed by atoms with van der Waals surface area (Å²) in [6, 6.07) is 0. The molecule has 4 nitrogen and oxygen atoms in total. The van der Waals surface area contributed by atoms with Crippen LogP contribution in [0.25, 0.3) is 0 Å². The molecule has 0 saturated heterocycles. The van der Waals surface area contributed by atoms with Gasteiger partial charge in [0.1, 0.15) is 0 Å². The van der Waals surface area contributed by atoms with Gasteiger partial charge in [0, 0.05) is 10.4 Å². The van der Waals surface area contributed by atoms with Crippen LogP contribution in [0.3, 0.4) is 0 Å². The third-order valence-electron chi connectivity index (χ3n) is 0. The summed E-state index contributed by atoms with van der Waals surface area (Å²) in [7, 11) is -5.17. The SMILES string of the molecule is O=S(=O)([O-])[O-].[Al+3].[Cu+]. The summed E-state index contributed by atoms with van der Waals surface area (Å²) in [5, 5.41) is 0. The maximum atomic E-state index is 8.52. The first-order valence-electron chi connectivity index (χ1n) is 0.667. The van der Waals surface area contributed by atoms with Gasteiger partial charge in [-0.25, -0.2) is 0 Å². The first kappa shape index (κ1) is 15.7. The molecular formula is AlCuO4S+2. The summed E-state index contributed by atoms with van der Waals surface area (Å²) in [5.41, 5.74) is 0. The Labute approximate surface area is 62.5 Å². The second kappa shape index (κ2) is 5.07. The third-order valence-corrected chi connectivity index (χ3v) is 0. The molecule has 0 heterocycles. The first-order chi connectivity index (χ1) is 2.00. The molecule has 0 rings (SSSR count). The van der Waals surface area contributed by atoms with Crippen LogP contribution in [-0.2, 0) is 27.5 Å². The maximum absolute atomic E-state index is 8.52. The second-order valence-corrected chi connectivity index (χ2v) is 1.22. The fraction of sp³-hybridized carbons (Fsp3) is 0. The Morgan fingerprint density at radius 3 is 1.14 bits per heavy atom. The first-order valence-corrected chi connectivity index (χ1v) is 2.00. The van der Waals surface area contributed by atoms with Crippen molar-refractivity contribution in [3.8, 4) is 0 Å². The molecule has 0 bridgehead atoms. The zero-order chi connectivity index (χ0) is 4.50. The molecule has 0 aliphatic rings. The molecule has 42 valence electrons. The largest absolute Gasteiger partial charge is 3.00 e. The van der Waals surface area contributed by atoms with Crippen LogP contribution in [0, 0.1) is 0 Å². The molecule has 0 fully saturated rings. The Kier molecular flexibility index (Phi) is 11.3. The molecule has 0 aromatic heterocycles. The summed E-state index contributed by atoms with van der Waals surface area (Å²) >= 11 is 0. The van der Waals surface area contributed by atoms with Gasteiger partial charge in [0.15, 0.2) is 0 Å². The van der Waals surface area contributed by atoms with Crippen LogP contribution in [0.1, 0.15) is 0 Å². The molecule has 0 atom stereocenters. The molecule has 0 saturated carbocycles.